The van der Waals surface area contributed by atoms with Gasteiger partial charge >= 0.3 is 12.0 Å². The van der Waals surface area contributed by atoms with Crippen LogP contribution in [0.2, 0.25) is 0 Å². The Bertz CT molecular complexity index is 321. The van der Waals surface area contributed by atoms with E-state index >= 15 is 0 Å². The average Bonchev–Trinajstić information content (AvgIpc) is 2.31. The maximum absolute atomic E-state index is 11.5. The van der Waals surface area contributed by atoms with Crippen LogP contribution in [0.15, 0.2) is 0 Å². The first kappa shape index (κ1) is 17.2. The molecule has 0 heterocycles. The molecule has 1 unspecified atom stereocenters. The lowest BCUT2D eigenvalue weighted by Crippen LogP contribution is -2.47. The number of carboxylic acids is 1. The maximum atomic E-state index is 11.5. The van der Waals surface area contributed by atoms with E-state index < -0.39 is 23.9 Å². The molecule has 110 valence electrons. The molecule has 8 nitrogen and oxygen atoms in total. The number of carboxylic acid groups (broad SMARTS) is 1. The van der Waals surface area contributed by atoms with E-state index in [0.29, 0.717) is 6.61 Å². The lowest BCUT2D eigenvalue weighted by molar-refractivity contribution is -0.139. The molecular formula is C11H21N3O5. The zero-order valence-corrected chi connectivity index (χ0v) is 11.1. The fraction of sp³-hybridized carbons (Fsp3) is 0.727. The van der Waals surface area contributed by atoms with Crippen LogP contribution in [0.25, 0.3) is 0 Å². The Labute approximate surface area is 111 Å². The number of hydrogen-bond donors (Lipinski definition) is 4. The minimum atomic E-state index is -1.21. The molecule has 0 rings (SSSR count). The van der Waals surface area contributed by atoms with Crippen molar-refractivity contribution in [2.75, 3.05) is 13.2 Å². The highest BCUT2D eigenvalue weighted by Gasteiger charge is 2.20. The number of carbonyl (C=O) groups is 3. The predicted molar refractivity (Wildman–Crippen MR) is 67.5 cm³/mol. The van der Waals surface area contributed by atoms with Crippen LogP contribution < -0.4 is 16.4 Å². The lowest BCUT2D eigenvalue weighted by Gasteiger charge is -2.16. The fourth-order valence-electron chi connectivity index (χ4n) is 1.33. The molecule has 0 fully saturated rings. The van der Waals surface area contributed by atoms with Gasteiger partial charge in [0.2, 0.25) is 5.91 Å². The summed E-state index contributed by atoms with van der Waals surface area (Å²) in [4.78, 5) is 32.9. The summed E-state index contributed by atoms with van der Waals surface area (Å²) in [7, 11) is 0. The summed E-state index contributed by atoms with van der Waals surface area (Å²) in [6.45, 7) is 4.41. The second-order valence-electron chi connectivity index (χ2n) is 4.02. The van der Waals surface area contributed by atoms with Gasteiger partial charge in [-0.05, 0) is 20.3 Å². The van der Waals surface area contributed by atoms with Crippen LogP contribution in [0.4, 0.5) is 4.79 Å². The molecule has 5 N–H and O–H groups in total. The summed E-state index contributed by atoms with van der Waals surface area (Å²) in [5.74, 6) is -1.83. The molecule has 0 aromatic heterocycles. The molecule has 0 aliphatic rings. The van der Waals surface area contributed by atoms with E-state index in [-0.39, 0.29) is 25.5 Å². The quantitative estimate of drug-likeness (QED) is 0.447. The number of aliphatic carboxylic acids is 1. The number of rotatable bonds is 9. The lowest BCUT2D eigenvalue weighted by atomic mass is 10.1. The SMILES string of the molecule is CCOC(C)CNC(=O)N[C@@H](CCC(N)=O)C(=O)O. The number of ether oxygens (including phenoxy) is 1. The molecule has 3 amide bonds. The van der Waals surface area contributed by atoms with E-state index in [9.17, 15) is 14.4 Å². The first-order valence-electron chi connectivity index (χ1n) is 6.03. The Morgan fingerprint density at radius 1 is 1.37 bits per heavy atom. The third-order valence-electron chi connectivity index (χ3n) is 2.28. The number of carbonyl (C=O) groups excluding carboxylic acids is 2. The fourth-order valence-corrected chi connectivity index (χ4v) is 1.33. The van der Waals surface area contributed by atoms with Gasteiger partial charge in [0.1, 0.15) is 6.04 Å². The Kier molecular flexibility index (Phi) is 8.27. The van der Waals surface area contributed by atoms with Crippen LogP contribution in [0.3, 0.4) is 0 Å². The van der Waals surface area contributed by atoms with Crippen molar-refractivity contribution in [1.29, 1.82) is 0 Å². The van der Waals surface area contributed by atoms with E-state index in [0.717, 1.165) is 0 Å². The second-order valence-corrected chi connectivity index (χ2v) is 4.02. The van der Waals surface area contributed by atoms with Gasteiger partial charge in [0.05, 0.1) is 6.10 Å². The van der Waals surface area contributed by atoms with Gasteiger partial charge in [0.25, 0.3) is 0 Å². The van der Waals surface area contributed by atoms with Crippen molar-refractivity contribution in [3.05, 3.63) is 0 Å². The molecule has 0 aliphatic heterocycles. The molecule has 2 atom stereocenters. The minimum Gasteiger partial charge on any atom is -0.480 e. The van der Waals surface area contributed by atoms with E-state index in [1.54, 1.807) is 6.92 Å². The Hall–Kier alpha value is -1.83. The second kappa shape index (κ2) is 9.15. The molecule has 0 aliphatic carbocycles. The van der Waals surface area contributed by atoms with Gasteiger partial charge in [-0.25, -0.2) is 9.59 Å². The van der Waals surface area contributed by atoms with Gasteiger partial charge in [-0.2, -0.15) is 0 Å². The molecule has 0 aromatic carbocycles. The van der Waals surface area contributed by atoms with Gasteiger partial charge in [-0.1, -0.05) is 0 Å². The molecule has 0 saturated heterocycles. The molecular weight excluding hydrogens is 254 g/mol. The predicted octanol–water partition coefficient (Wildman–Crippen LogP) is -0.571. The standard InChI is InChI=1S/C11H21N3O5/c1-3-19-7(2)6-13-11(18)14-8(10(16)17)4-5-9(12)15/h7-8H,3-6H2,1-2H3,(H2,12,15)(H,16,17)(H2,13,14,18)/t7?,8-/m0/s1. The summed E-state index contributed by atoms with van der Waals surface area (Å²) in [6.07, 6.45) is -0.309. The van der Waals surface area contributed by atoms with Crippen molar-refractivity contribution in [2.45, 2.75) is 38.8 Å². The number of amides is 3. The molecule has 8 heteroatoms. The molecule has 0 radical (unpaired) electrons. The molecule has 0 spiro atoms. The summed E-state index contributed by atoms with van der Waals surface area (Å²) < 4.78 is 5.20. The summed E-state index contributed by atoms with van der Waals surface area (Å²) in [5, 5.41) is 13.6. The van der Waals surface area contributed by atoms with E-state index in [1.807, 2.05) is 6.92 Å². The van der Waals surface area contributed by atoms with Gasteiger partial charge in [0, 0.05) is 19.6 Å². The highest BCUT2D eigenvalue weighted by Crippen LogP contribution is 1.97. The molecule has 0 bridgehead atoms. The maximum Gasteiger partial charge on any atom is 0.326 e. The monoisotopic (exact) mass is 275 g/mol. The highest BCUT2D eigenvalue weighted by atomic mass is 16.5. The van der Waals surface area contributed by atoms with E-state index in [4.69, 9.17) is 15.6 Å². The Morgan fingerprint density at radius 3 is 2.47 bits per heavy atom. The van der Waals surface area contributed by atoms with Crippen LogP contribution in [-0.4, -0.2) is 48.3 Å². The third-order valence-corrected chi connectivity index (χ3v) is 2.28. The number of hydrogen-bond acceptors (Lipinski definition) is 4. The van der Waals surface area contributed by atoms with Gasteiger partial charge in [-0.15, -0.1) is 0 Å². The third kappa shape index (κ3) is 8.83. The highest BCUT2D eigenvalue weighted by molar-refractivity contribution is 5.83. The number of nitrogens with one attached hydrogen (secondary N) is 2. The van der Waals surface area contributed by atoms with Crippen molar-refractivity contribution < 1.29 is 24.2 Å². The first-order valence-corrected chi connectivity index (χ1v) is 6.03. The minimum absolute atomic E-state index is 0.0426. The normalized spacial score (nSPS) is 13.4. The van der Waals surface area contributed by atoms with E-state index in [1.165, 1.54) is 0 Å². The zero-order valence-electron chi connectivity index (χ0n) is 11.1. The van der Waals surface area contributed by atoms with Crippen molar-refractivity contribution in [1.82, 2.24) is 10.6 Å². The van der Waals surface area contributed by atoms with Crippen molar-refractivity contribution >= 4 is 17.9 Å². The summed E-state index contributed by atoms with van der Waals surface area (Å²) in [6, 6.07) is -1.77. The number of urea groups is 1. The number of nitrogens with two attached hydrogens (primary N) is 1. The van der Waals surface area contributed by atoms with Crippen LogP contribution in [0.5, 0.6) is 0 Å². The number of primary amides is 1. The molecule has 19 heavy (non-hydrogen) atoms. The van der Waals surface area contributed by atoms with Crippen LogP contribution in [0.1, 0.15) is 26.7 Å². The Balaban J connectivity index is 4.10. The smallest absolute Gasteiger partial charge is 0.326 e. The van der Waals surface area contributed by atoms with Crippen molar-refractivity contribution in [2.24, 2.45) is 5.73 Å². The van der Waals surface area contributed by atoms with Crippen molar-refractivity contribution in [3.63, 3.8) is 0 Å². The topological polar surface area (TPSA) is 131 Å². The molecule has 0 aromatic rings. The van der Waals surface area contributed by atoms with Crippen LogP contribution >= 0.6 is 0 Å². The van der Waals surface area contributed by atoms with Gasteiger partial charge < -0.3 is 26.2 Å². The molecule has 0 saturated carbocycles. The summed E-state index contributed by atoms with van der Waals surface area (Å²) in [5.41, 5.74) is 4.93. The van der Waals surface area contributed by atoms with Crippen molar-refractivity contribution in [3.8, 4) is 0 Å². The van der Waals surface area contributed by atoms with Gasteiger partial charge in [0.15, 0.2) is 0 Å². The van der Waals surface area contributed by atoms with Gasteiger partial charge in [-0.3, -0.25) is 4.79 Å². The largest absolute Gasteiger partial charge is 0.480 e. The first-order chi connectivity index (χ1) is 8.86. The van der Waals surface area contributed by atoms with Crippen LogP contribution in [-0.2, 0) is 14.3 Å². The van der Waals surface area contributed by atoms with E-state index in [2.05, 4.69) is 10.6 Å². The Morgan fingerprint density at radius 2 is 2.00 bits per heavy atom. The average molecular weight is 275 g/mol. The van der Waals surface area contributed by atoms with Crippen LogP contribution in [0, 0.1) is 0 Å². The summed E-state index contributed by atoms with van der Waals surface area (Å²) >= 11 is 0. The zero-order chi connectivity index (χ0) is 14.8.